The third-order valence-corrected chi connectivity index (χ3v) is 5.08. The molecule has 4 nitrogen and oxygen atoms in total. The van der Waals surface area contributed by atoms with Crippen molar-refractivity contribution in [3.05, 3.63) is 52.0 Å². The van der Waals surface area contributed by atoms with Crippen molar-refractivity contribution < 1.29 is 9.53 Å². The first-order valence-corrected chi connectivity index (χ1v) is 8.91. The van der Waals surface area contributed by atoms with Gasteiger partial charge in [-0.15, -0.1) is 11.3 Å². The molecule has 0 bridgehead atoms. The molecular weight excluding hydrogens is 308 g/mol. The number of hydrogen-bond acceptors (Lipinski definition) is 5. The molecule has 0 aromatic carbocycles. The Morgan fingerprint density at radius 1 is 1.43 bits per heavy atom. The number of Topliss-reactive ketones (excluding diaryl/α,β-unsaturated/α-hetero) is 1. The number of aromatic nitrogens is 1. The van der Waals surface area contributed by atoms with Gasteiger partial charge >= 0.3 is 0 Å². The van der Waals surface area contributed by atoms with Crippen molar-refractivity contribution in [3.8, 4) is 0 Å². The summed E-state index contributed by atoms with van der Waals surface area (Å²) in [6.45, 7) is 5.01. The average molecular weight is 330 g/mol. The van der Waals surface area contributed by atoms with Crippen LogP contribution in [0.5, 0.6) is 0 Å². The number of carbonyl (C=O) groups excluding carboxylic acids is 1. The summed E-state index contributed by atoms with van der Waals surface area (Å²) in [4.78, 5) is 19.1. The summed E-state index contributed by atoms with van der Waals surface area (Å²) in [5.41, 5.74) is 2.25. The number of pyridine rings is 1. The van der Waals surface area contributed by atoms with E-state index in [2.05, 4.69) is 21.3 Å². The fourth-order valence-corrected chi connectivity index (χ4v) is 3.69. The summed E-state index contributed by atoms with van der Waals surface area (Å²) in [5, 5.41) is 2.08. The van der Waals surface area contributed by atoms with Crippen molar-refractivity contribution in [2.75, 3.05) is 13.2 Å². The maximum absolute atomic E-state index is 11.5. The van der Waals surface area contributed by atoms with Crippen LogP contribution in [-0.2, 0) is 17.8 Å². The molecule has 3 rings (SSSR count). The zero-order valence-electron chi connectivity index (χ0n) is 13.4. The van der Waals surface area contributed by atoms with Crippen molar-refractivity contribution in [2.45, 2.75) is 39.0 Å². The molecule has 0 saturated carbocycles. The highest BCUT2D eigenvalue weighted by atomic mass is 32.1. The molecule has 1 atom stereocenters. The third kappa shape index (κ3) is 4.70. The smallest absolute Gasteiger partial charge is 0.169 e. The molecule has 5 heteroatoms. The van der Waals surface area contributed by atoms with E-state index in [1.807, 2.05) is 24.4 Å². The van der Waals surface area contributed by atoms with Gasteiger partial charge in [-0.1, -0.05) is 6.07 Å². The minimum Gasteiger partial charge on any atom is -0.377 e. The molecule has 122 valence electrons. The molecule has 1 aliphatic heterocycles. The summed E-state index contributed by atoms with van der Waals surface area (Å²) < 4.78 is 5.79. The number of ether oxygens (including phenoxy) is 1. The van der Waals surface area contributed by atoms with Crippen LogP contribution in [0, 0.1) is 0 Å². The first kappa shape index (κ1) is 16.3. The summed E-state index contributed by atoms with van der Waals surface area (Å²) in [6, 6.07) is 8.02. The van der Waals surface area contributed by atoms with Crippen LogP contribution in [0.15, 0.2) is 35.8 Å². The highest BCUT2D eigenvalue weighted by Crippen LogP contribution is 2.20. The van der Waals surface area contributed by atoms with Gasteiger partial charge in [-0.2, -0.15) is 0 Å². The van der Waals surface area contributed by atoms with E-state index in [0.29, 0.717) is 6.10 Å². The Hall–Kier alpha value is -1.56. The maximum atomic E-state index is 11.5. The summed E-state index contributed by atoms with van der Waals surface area (Å²) in [5.74, 6) is 0.136. The molecule has 0 aliphatic carbocycles. The molecule has 1 aliphatic rings. The third-order valence-electron chi connectivity index (χ3n) is 4.00. The monoisotopic (exact) mass is 330 g/mol. The first-order chi connectivity index (χ1) is 11.2. The number of ketones is 1. The zero-order chi connectivity index (χ0) is 16.1. The molecule has 0 amide bonds. The Labute approximate surface area is 141 Å². The largest absolute Gasteiger partial charge is 0.377 e. The Morgan fingerprint density at radius 2 is 2.35 bits per heavy atom. The van der Waals surface area contributed by atoms with Gasteiger partial charge in [0.05, 0.1) is 16.7 Å². The van der Waals surface area contributed by atoms with Crippen LogP contribution in [0.4, 0.5) is 0 Å². The lowest BCUT2D eigenvalue weighted by Crippen LogP contribution is -2.31. The second kappa shape index (κ2) is 7.81. The predicted molar refractivity (Wildman–Crippen MR) is 91.6 cm³/mol. The number of thiophene rings is 1. The van der Waals surface area contributed by atoms with Crippen molar-refractivity contribution in [3.63, 3.8) is 0 Å². The molecule has 0 N–H and O–H groups in total. The van der Waals surface area contributed by atoms with Gasteiger partial charge in [0.25, 0.3) is 0 Å². The van der Waals surface area contributed by atoms with Gasteiger partial charge in [0.2, 0.25) is 0 Å². The number of carbonyl (C=O) groups is 1. The summed E-state index contributed by atoms with van der Waals surface area (Å²) >= 11 is 1.53. The van der Waals surface area contributed by atoms with Crippen LogP contribution < -0.4 is 0 Å². The average Bonchev–Trinajstić information content (AvgIpc) is 3.20. The molecule has 1 unspecified atom stereocenters. The molecule has 1 saturated heterocycles. The fourth-order valence-electron chi connectivity index (χ4n) is 2.88. The van der Waals surface area contributed by atoms with Crippen LogP contribution in [0.25, 0.3) is 0 Å². The Morgan fingerprint density at radius 3 is 3.00 bits per heavy atom. The predicted octanol–water partition coefficient (Wildman–Crippen LogP) is 3.53. The maximum Gasteiger partial charge on any atom is 0.169 e. The second-order valence-corrected chi connectivity index (χ2v) is 6.91. The normalized spacial score (nSPS) is 17.7. The lowest BCUT2D eigenvalue weighted by atomic mass is 10.2. The van der Waals surface area contributed by atoms with E-state index in [9.17, 15) is 4.79 Å². The topological polar surface area (TPSA) is 42.4 Å². The quantitative estimate of drug-likeness (QED) is 0.729. The number of hydrogen-bond donors (Lipinski definition) is 0. The highest BCUT2D eigenvalue weighted by molar-refractivity contribution is 7.12. The van der Waals surface area contributed by atoms with Gasteiger partial charge in [0.15, 0.2) is 5.78 Å². The summed E-state index contributed by atoms with van der Waals surface area (Å²) in [6.07, 6.45) is 4.42. The van der Waals surface area contributed by atoms with E-state index in [1.54, 1.807) is 6.92 Å². The van der Waals surface area contributed by atoms with Gasteiger partial charge < -0.3 is 4.74 Å². The van der Waals surface area contributed by atoms with Gasteiger partial charge in [0.1, 0.15) is 0 Å². The minimum absolute atomic E-state index is 0.136. The van der Waals surface area contributed by atoms with Crippen LogP contribution in [0.3, 0.4) is 0 Å². The molecule has 3 heterocycles. The van der Waals surface area contributed by atoms with Crippen molar-refractivity contribution >= 4 is 17.1 Å². The lowest BCUT2D eigenvalue weighted by Gasteiger charge is -2.24. The van der Waals surface area contributed by atoms with Crippen LogP contribution in [-0.4, -0.2) is 34.9 Å². The van der Waals surface area contributed by atoms with E-state index in [-0.39, 0.29) is 5.78 Å². The molecular formula is C18H22N2O2S. The fraction of sp³-hybridized carbons (Fsp3) is 0.444. The zero-order valence-corrected chi connectivity index (χ0v) is 14.2. The molecule has 0 radical (unpaired) electrons. The standard InChI is InChI=1S/C18H22N2O2S/c1-14(21)18-9-15(13-23-18)10-20(12-17-6-4-8-22-17)11-16-5-2-3-7-19-16/h2-3,5,7,9,13,17H,4,6,8,10-12H2,1H3. The van der Waals surface area contributed by atoms with Crippen LogP contribution in [0.1, 0.15) is 40.7 Å². The van der Waals surface area contributed by atoms with Crippen molar-refractivity contribution in [2.24, 2.45) is 0 Å². The van der Waals surface area contributed by atoms with Crippen molar-refractivity contribution in [1.29, 1.82) is 0 Å². The van der Waals surface area contributed by atoms with Gasteiger partial charge in [-0.3, -0.25) is 14.7 Å². The molecule has 2 aromatic heterocycles. The van der Waals surface area contributed by atoms with E-state index in [1.165, 1.54) is 16.9 Å². The van der Waals surface area contributed by atoms with Crippen molar-refractivity contribution in [1.82, 2.24) is 9.88 Å². The number of rotatable bonds is 7. The second-order valence-electron chi connectivity index (χ2n) is 6.00. The lowest BCUT2D eigenvalue weighted by molar-refractivity contribution is 0.0675. The van der Waals surface area contributed by atoms with E-state index < -0.39 is 0 Å². The minimum atomic E-state index is 0.136. The molecule has 2 aromatic rings. The molecule has 0 spiro atoms. The van der Waals surface area contributed by atoms with Gasteiger partial charge in [-0.25, -0.2) is 0 Å². The molecule has 1 fully saturated rings. The Bertz CT molecular complexity index is 635. The van der Waals surface area contributed by atoms with E-state index in [4.69, 9.17) is 4.74 Å². The molecule has 23 heavy (non-hydrogen) atoms. The first-order valence-electron chi connectivity index (χ1n) is 8.03. The van der Waals surface area contributed by atoms with Gasteiger partial charge in [-0.05, 0) is 48.9 Å². The highest BCUT2D eigenvalue weighted by Gasteiger charge is 2.20. The Balaban J connectivity index is 1.69. The van der Waals surface area contributed by atoms with E-state index in [0.717, 1.165) is 49.7 Å². The number of nitrogens with zero attached hydrogens (tertiary/aromatic N) is 2. The Kier molecular flexibility index (Phi) is 5.54. The van der Waals surface area contributed by atoms with Crippen LogP contribution >= 0.6 is 11.3 Å². The van der Waals surface area contributed by atoms with Gasteiger partial charge in [0, 0.05) is 32.4 Å². The SMILES string of the molecule is CC(=O)c1cc(CN(Cc2ccccn2)CC2CCCO2)cs1. The van der Waals surface area contributed by atoms with Crippen LogP contribution in [0.2, 0.25) is 0 Å². The summed E-state index contributed by atoms with van der Waals surface area (Å²) in [7, 11) is 0. The van der Waals surface area contributed by atoms with E-state index >= 15 is 0 Å².